The van der Waals surface area contributed by atoms with Crippen LogP contribution in [-0.2, 0) is 0 Å². The molecule has 0 aliphatic heterocycles. The molecule has 0 unspecified atom stereocenters. The van der Waals surface area contributed by atoms with E-state index in [1.807, 2.05) is 13.0 Å². The van der Waals surface area contributed by atoms with E-state index in [-0.39, 0.29) is 11.7 Å². The van der Waals surface area contributed by atoms with Crippen molar-refractivity contribution >= 4 is 29.7 Å². The van der Waals surface area contributed by atoms with Crippen LogP contribution in [0.5, 0.6) is 17.2 Å². The number of ether oxygens (including phenoxy) is 3. The van der Waals surface area contributed by atoms with Gasteiger partial charge >= 0.3 is 5.97 Å². The summed E-state index contributed by atoms with van der Waals surface area (Å²) in [6.45, 7) is 2.17. The van der Waals surface area contributed by atoms with Crippen LogP contribution >= 0.6 is 0 Å². The molecule has 2 amide bonds. The lowest BCUT2D eigenvalue weighted by molar-refractivity contribution is 0.0728. The minimum atomic E-state index is -0.539. The van der Waals surface area contributed by atoms with E-state index in [0.29, 0.717) is 46.0 Å². The topological polar surface area (TPSA) is 115 Å². The molecule has 0 aromatic heterocycles. The van der Waals surface area contributed by atoms with E-state index in [0.717, 1.165) is 0 Å². The van der Waals surface area contributed by atoms with E-state index in [2.05, 4.69) is 15.8 Å². The lowest BCUT2D eigenvalue weighted by Gasteiger charge is -2.11. The Labute approximate surface area is 231 Å². The van der Waals surface area contributed by atoms with Gasteiger partial charge in [-0.15, -0.1) is 0 Å². The Morgan fingerprint density at radius 2 is 1.45 bits per heavy atom. The van der Waals surface area contributed by atoms with Crippen LogP contribution in [0, 0.1) is 0 Å². The van der Waals surface area contributed by atoms with E-state index in [1.165, 1.54) is 6.21 Å². The van der Waals surface area contributed by atoms with Crippen LogP contribution in [0.4, 0.5) is 5.69 Å². The molecule has 9 nitrogen and oxygen atoms in total. The Bertz CT molecular complexity index is 1500. The number of benzene rings is 4. The SMILES string of the molecule is CCOc1cc(/C=N/NC(=O)c2ccc(NC(=O)c3ccccc3)cc2)ccc1OC(=O)c1ccc(OC)cc1. The van der Waals surface area contributed by atoms with Gasteiger partial charge in [0.15, 0.2) is 11.5 Å². The molecule has 4 aromatic carbocycles. The lowest BCUT2D eigenvalue weighted by Crippen LogP contribution is -2.18. The number of nitrogens with one attached hydrogen (secondary N) is 2. The first-order chi connectivity index (χ1) is 19.5. The monoisotopic (exact) mass is 537 g/mol. The quantitative estimate of drug-likeness (QED) is 0.122. The van der Waals surface area contributed by atoms with Crippen LogP contribution < -0.4 is 25.0 Å². The molecule has 0 bridgehead atoms. The predicted octanol–water partition coefficient (Wildman–Crippen LogP) is 5.33. The van der Waals surface area contributed by atoms with Gasteiger partial charge in [0, 0.05) is 16.8 Å². The average Bonchev–Trinajstić information content (AvgIpc) is 2.99. The molecule has 0 saturated carbocycles. The van der Waals surface area contributed by atoms with Gasteiger partial charge < -0.3 is 19.5 Å². The zero-order valence-electron chi connectivity index (χ0n) is 21.9. The van der Waals surface area contributed by atoms with Crippen molar-refractivity contribution < 1.29 is 28.6 Å². The average molecular weight is 538 g/mol. The molecule has 0 radical (unpaired) electrons. The highest BCUT2D eigenvalue weighted by molar-refractivity contribution is 6.04. The molecule has 0 spiro atoms. The van der Waals surface area contributed by atoms with Crippen LogP contribution in [0.2, 0.25) is 0 Å². The largest absolute Gasteiger partial charge is 0.497 e. The smallest absolute Gasteiger partial charge is 0.343 e. The number of hydrogen-bond acceptors (Lipinski definition) is 7. The molecule has 2 N–H and O–H groups in total. The summed E-state index contributed by atoms with van der Waals surface area (Å²) in [5.41, 5.74) is 4.91. The molecule has 0 aliphatic carbocycles. The molecule has 9 heteroatoms. The maximum absolute atomic E-state index is 12.6. The zero-order chi connectivity index (χ0) is 28.3. The normalized spacial score (nSPS) is 10.6. The van der Waals surface area contributed by atoms with E-state index >= 15 is 0 Å². The summed E-state index contributed by atoms with van der Waals surface area (Å²) in [4.78, 5) is 37.4. The highest BCUT2D eigenvalue weighted by Crippen LogP contribution is 2.29. The van der Waals surface area contributed by atoms with Crippen LogP contribution in [0.3, 0.4) is 0 Å². The summed E-state index contributed by atoms with van der Waals surface area (Å²) in [5.74, 6) is 0.0354. The van der Waals surface area contributed by atoms with E-state index in [1.54, 1.807) is 98.1 Å². The minimum Gasteiger partial charge on any atom is -0.497 e. The molecular weight excluding hydrogens is 510 g/mol. The molecule has 40 heavy (non-hydrogen) atoms. The van der Waals surface area contributed by atoms with Crippen molar-refractivity contribution in [2.45, 2.75) is 6.92 Å². The maximum atomic E-state index is 12.6. The van der Waals surface area contributed by atoms with Gasteiger partial charge in [0.05, 0.1) is 25.5 Å². The van der Waals surface area contributed by atoms with Crippen molar-refractivity contribution in [3.8, 4) is 17.2 Å². The number of carbonyl (C=O) groups is 3. The van der Waals surface area contributed by atoms with Gasteiger partial charge in [-0.25, -0.2) is 10.2 Å². The van der Waals surface area contributed by atoms with Crippen molar-refractivity contribution in [2.75, 3.05) is 19.0 Å². The van der Waals surface area contributed by atoms with Crippen molar-refractivity contribution in [2.24, 2.45) is 5.10 Å². The van der Waals surface area contributed by atoms with Gasteiger partial charge in [-0.2, -0.15) is 5.10 Å². The fourth-order valence-corrected chi connectivity index (χ4v) is 3.57. The summed E-state index contributed by atoms with van der Waals surface area (Å²) >= 11 is 0. The number of nitrogens with zero attached hydrogens (tertiary/aromatic N) is 1. The Kier molecular flexibility index (Phi) is 9.23. The first-order valence-electron chi connectivity index (χ1n) is 12.4. The summed E-state index contributed by atoms with van der Waals surface area (Å²) in [5, 5.41) is 6.80. The number of esters is 1. The summed E-state index contributed by atoms with van der Waals surface area (Å²) in [7, 11) is 1.55. The standard InChI is InChI=1S/C31H27N3O6/c1-3-39-28-19-21(9-18-27(28)40-31(37)24-12-16-26(38-2)17-13-24)20-32-34-30(36)23-10-14-25(15-11-23)33-29(35)22-7-5-4-6-8-22/h4-20H,3H2,1-2H3,(H,33,35)(H,34,36)/b32-20+. The number of methoxy groups -OCH3 is 1. The molecule has 0 fully saturated rings. The van der Waals surface area contributed by atoms with Gasteiger partial charge in [0.2, 0.25) is 0 Å². The Morgan fingerprint density at radius 3 is 2.12 bits per heavy atom. The summed E-state index contributed by atoms with van der Waals surface area (Å²) < 4.78 is 16.3. The second kappa shape index (κ2) is 13.4. The van der Waals surface area contributed by atoms with Crippen molar-refractivity contribution in [1.29, 1.82) is 0 Å². The van der Waals surface area contributed by atoms with Crippen LogP contribution in [0.1, 0.15) is 43.6 Å². The molecule has 0 saturated heterocycles. The van der Waals surface area contributed by atoms with Gasteiger partial charge in [-0.1, -0.05) is 18.2 Å². The summed E-state index contributed by atoms with van der Waals surface area (Å²) in [6, 6.07) is 26.8. The molecule has 0 aliphatic rings. The molecular formula is C31H27N3O6. The van der Waals surface area contributed by atoms with Gasteiger partial charge in [0.1, 0.15) is 5.75 Å². The third-order valence-corrected chi connectivity index (χ3v) is 5.62. The number of anilines is 1. The highest BCUT2D eigenvalue weighted by atomic mass is 16.6. The minimum absolute atomic E-state index is 0.240. The Balaban J connectivity index is 1.35. The summed E-state index contributed by atoms with van der Waals surface area (Å²) in [6.07, 6.45) is 1.45. The maximum Gasteiger partial charge on any atom is 0.343 e. The van der Waals surface area contributed by atoms with Crippen molar-refractivity contribution in [3.63, 3.8) is 0 Å². The van der Waals surface area contributed by atoms with Gasteiger partial charge in [-0.3, -0.25) is 9.59 Å². The predicted molar refractivity (Wildman–Crippen MR) is 151 cm³/mol. The first kappa shape index (κ1) is 27.6. The van der Waals surface area contributed by atoms with Gasteiger partial charge in [-0.05, 0) is 91.3 Å². The van der Waals surface area contributed by atoms with Crippen LogP contribution in [-0.4, -0.2) is 37.7 Å². The van der Waals surface area contributed by atoms with E-state index < -0.39 is 11.9 Å². The Morgan fingerprint density at radius 1 is 0.775 bits per heavy atom. The second-order valence-electron chi connectivity index (χ2n) is 8.35. The van der Waals surface area contributed by atoms with Crippen LogP contribution in [0.25, 0.3) is 0 Å². The number of hydrazone groups is 1. The second-order valence-corrected chi connectivity index (χ2v) is 8.35. The number of carbonyl (C=O) groups excluding carboxylic acids is 3. The number of rotatable bonds is 10. The molecule has 0 heterocycles. The first-order valence-corrected chi connectivity index (χ1v) is 12.4. The lowest BCUT2D eigenvalue weighted by atomic mass is 10.1. The highest BCUT2D eigenvalue weighted by Gasteiger charge is 2.14. The van der Waals surface area contributed by atoms with Gasteiger partial charge in [0.25, 0.3) is 11.8 Å². The van der Waals surface area contributed by atoms with Crippen LogP contribution in [0.15, 0.2) is 102 Å². The fraction of sp³-hybridized carbons (Fsp3) is 0.0968. The molecule has 4 aromatic rings. The number of amides is 2. The number of hydrogen-bond donors (Lipinski definition) is 2. The van der Waals surface area contributed by atoms with E-state index in [9.17, 15) is 14.4 Å². The molecule has 202 valence electrons. The third-order valence-electron chi connectivity index (χ3n) is 5.62. The molecule has 4 rings (SSSR count). The van der Waals surface area contributed by atoms with Crippen molar-refractivity contribution in [1.82, 2.24) is 5.43 Å². The fourth-order valence-electron chi connectivity index (χ4n) is 3.57. The van der Waals surface area contributed by atoms with E-state index in [4.69, 9.17) is 14.2 Å². The molecule has 0 atom stereocenters. The van der Waals surface area contributed by atoms with Crippen molar-refractivity contribution in [3.05, 3.63) is 119 Å². The zero-order valence-corrected chi connectivity index (χ0v) is 21.9. The third kappa shape index (κ3) is 7.32. The Hall–Kier alpha value is -5.44.